The molecule has 0 bridgehead atoms. The number of hydrogen-bond donors (Lipinski definition) is 1. The van der Waals surface area contributed by atoms with Crippen molar-refractivity contribution in [2.24, 2.45) is 0 Å². The smallest absolute Gasteiger partial charge is 0.145 e. The van der Waals surface area contributed by atoms with Gasteiger partial charge in [0.2, 0.25) is 0 Å². The zero-order valence-electron chi connectivity index (χ0n) is 11.9. The Balaban J connectivity index is 1.71. The van der Waals surface area contributed by atoms with Gasteiger partial charge in [0.1, 0.15) is 10.8 Å². The van der Waals surface area contributed by atoms with E-state index in [1.165, 1.54) is 18.4 Å². The Bertz CT molecular complexity index is 534. The number of hydrogen-bond acceptors (Lipinski definition) is 4. The molecule has 2 aromatic rings. The summed E-state index contributed by atoms with van der Waals surface area (Å²) in [6.07, 6.45) is 4.62. The standard InChI is InChI=1S/C16H21N3S/c1-2-10-17-14(12-6-4-3-5-7-12)11-15-18-16(19-20-15)13-8-9-13/h3-7,13-14,17H,2,8-11H2,1H3. The van der Waals surface area contributed by atoms with Crippen molar-refractivity contribution in [2.75, 3.05) is 6.54 Å². The quantitative estimate of drug-likeness (QED) is 0.844. The molecule has 1 aliphatic carbocycles. The van der Waals surface area contributed by atoms with Crippen LogP contribution in [-0.2, 0) is 6.42 Å². The van der Waals surface area contributed by atoms with Crippen molar-refractivity contribution in [3.05, 3.63) is 46.7 Å². The van der Waals surface area contributed by atoms with Gasteiger partial charge < -0.3 is 5.32 Å². The minimum absolute atomic E-state index is 0.344. The van der Waals surface area contributed by atoms with Gasteiger partial charge in [0, 0.05) is 18.4 Å². The molecule has 1 saturated carbocycles. The van der Waals surface area contributed by atoms with Crippen molar-refractivity contribution in [1.29, 1.82) is 0 Å². The number of aromatic nitrogens is 2. The van der Waals surface area contributed by atoms with Crippen LogP contribution in [0, 0.1) is 0 Å². The average molecular weight is 287 g/mol. The summed E-state index contributed by atoms with van der Waals surface area (Å²) in [5.41, 5.74) is 1.34. The fraction of sp³-hybridized carbons (Fsp3) is 0.500. The monoisotopic (exact) mass is 287 g/mol. The van der Waals surface area contributed by atoms with Crippen LogP contribution in [0.15, 0.2) is 30.3 Å². The molecule has 1 aromatic carbocycles. The van der Waals surface area contributed by atoms with Crippen LogP contribution < -0.4 is 5.32 Å². The summed E-state index contributed by atoms with van der Waals surface area (Å²) in [6.45, 7) is 3.24. The highest BCUT2D eigenvalue weighted by atomic mass is 32.1. The van der Waals surface area contributed by atoms with Crippen LogP contribution in [0.2, 0.25) is 0 Å². The van der Waals surface area contributed by atoms with Crippen LogP contribution in [0.3, 0.4) is 0 Å². The second-order valence-electron chi connectivity index (χ2n) is 5.44. The van der Waals surface area contributed by atoms with E-state index in [0.29, 0.717) is 12.0 Å². The van der Waals surface area contributed by atoms with E-state index in [1.54, 1.807) is 11.5 Å². The summed E-state index contributed by atoms with van der Waals surface area (Å²) in [4.78, 5) is 4.71. The lowest BCUT2D eigenvalue weighted by molar-refractivity contribution is 0.528. The number of rotatable bonds is 7. The van der Waals surface area contributed by atoms with E-state index in [0.717, 1.165) is 30.2 Å². The molecular weight excluding hydrogens is 266 g/mol. The molecule has 3 rings (SSSR count). The van der Waals surface area contributed by atoms with Gasteiger partial charge in [-0.2, -0.15) is 4.37 Å². The van der Waals surface area contributed by atoms with E-state index < -0.39 is 0 Å². The Kier molecular flexibility index (Phi) is 4.43. The van der Waals surface area contributed by atoms with E-state index in [-0.39, 0.29) is 0 Å². The Morgan fingerprint density at radius 3 is 2.80 bits per heavy atom. The van der Waals surface area contributed by atoms with Crippen molar-refractivity contribution < 1.29 is 0 Å². The largest absolute Gasteiger partial charge is 0.310 e. The molecule has 20 heavy (non-hydrogen) atoms. The molecule has 0 saturated heterocycles. The molecule has 0 amide bonds. The van der Waals surface area contributed by atoms with E-state index in [4.69, 9.17) is 4.98 Å². The summed E-state index contributed by atoms with van der Waals surface area (Å²) in [5, 5.41) is 4.78. The number of nitrogens with one attached hydrogen (secondary N) is 1. The molecule has 1 aromatic heterocycles. The maximum Gasteiger partial charge on any atom is 0.145 e. The van der Waals surface area contributed by atoms with Gasteiger partial charge >= 0.3 is 0 Å². The van der Waals surface area contributed by atoms with E-state index in [1.807, 2.05) is 0 Å². The van der Waals surface area contributed by atoms with Gasteiger partial charge in [-0.05, 0) is 42.9 Å². The summed E-state index contributed by atoms with van der Waals surface area (Å²) in [6, 6.07) is 11.0. The second kappa shape index (κ2) is 6.46. The van der Waals surface area contributed by atoms with Crippen LogP contribution in [0.1, 0.15) is 54.5 Å². The van der Waals surface area contributed by atoms with Crippen LogP contribution in [0.25, 0.3) is 0 Å². The molecular formula is C16H21N3S. The molecule has 3 nitrogen and oxygen atoms in total. The van der Waals surface area contributed by atoms with Crippen molar-refractivity contribution in [1.82, 2.24) is 14.7 Å². The molecule has 1 fully saturated rings. The highest BCUT2D eigenvalue weighted by molar-refractivity contribution is 7.05. The van der Waals surface area contributed by atoms with Crippen molar-refractivity contribution >= 4 is 11.5 Å². The molecule has 4 heteroatoms. The fourth-order valence-corrected chi connectivity index (χ4v) is 3.11. The summed E-state index contributed by atoms with van der Waals surface area (Å²) in [5.74, 6) is 1.73. The zero-order valence-corrected chi connectivity index (χ0v) is 12.7. The first-order valence-electron chi connectivity index (χ1n) is 7.47. The van der Waals surface area contributed by atoms with Crippen LogP contribution in [-0.4, -0.2) is 15.9 Å². The molecule has 1 aliphatic rings. The van der Waals surface area contributed by atoms with E-state index >= 15 is 0 Å². The lowest BCUT2D eigenvalue weighted by Crippen LogP contribution is -2.24. The van der Waals surface area contributed by atoms with Gasteiger partial charge in [0.15, 0.2) is 0 Å². The zero-order chi connectivity index (χ0) is 13.8. The van der Waals surface area contributed by atoms with Gasteiger partial charge in [-0.3, -0.25) is 0 Å². The van der Waals surface area contributed by atoms with Gasteiger partial charge in [0.05, 0.1) is 0 Å². The van der Waals surface area contributed by atoms with Gasteiger partial charge in [-0.15, -0.1) is 0 Å². The Morgan fingerprint density at radius 1 is 1.30 bits per heavy atom. The molecule has 1 heterocycles. The highest BCUT2D eigenvalue weighted by Crippen LogP contribution is 2.39. The van der Waals surface area contributed by atoms with Crippen LogP contribution in [0.5, 0.6) is 0 Å². The predicted octanol–water partition coefficient (Wildman–Crippen LogP) is 3.70. The molecule has 1 unspecified atom stereocenters. The summed E-state index contributed by atoms with van der Waals surface area (Å²) < 4.78 is 4.51. The minimum Gasteiger partial charge on any atom is -0.310 e. The van der Waals surface area contributed by atoms with E-state index in [9.17, 15) is 0 Å². The molecule has 1 atom stereocenters. The fourth-order valence-electron chi connectivity index (χ4n) is 2.34. The highest BCUT2D eigenvalue weighted by Gasteiger charge is 2.28. The molecule has 106 valence electrons. The first-order valence-corrected chi connectivity index (χ1v) is 8.25. The maximum absolute atomic E-state index is 4.71. The molecule has 0 radical (unpaired) electrons. The van der Waals surface area contributed by atoms with Crippen molar-refractivity contribution in [3.8, 4) is 0 Å². The van der Waals surface area contributed by atoms with Crippen molar-refractivity contribution in [2.45, 2.75) is 44.6 Å². The molecule has 0 spiro atoms. The number of benzene rings is 1. The van der Waals surface area contributed by atoms with Gasteiger partial charge in [-0.25, -0.2) is 4.98 Å². The summed E-state index contributed by atoms with van der Waals surface area (Å²) in [7, 11) is 0. The Hall–Kier alpha value is -1.26. The Morgan fingerprint density at radius 2 is 2.10 bits per heavy atom. The number of nitrogens with zero attached hydrogens (tertiary/aromatic N) is 2. The van der Waals surface area contributed by atoms with Crippen molar-refractivity contribution in [3.63, 3.8) is 0 Å². The molecule has 1 N–H and O–H groups in total. The third kappa shape index (κ3) is 3.44. The SMILES string of the molecule is CCCNC(Cc1nc(C2CC2)ns1)c1ccccc1. The first kappa shape index (κ1) is 13.7. The normalized spacial score (nSPS) is 16.2. The lowest BCUT2D eigenvalue weighted by Gasteiger charge is -2.17. The predicted molar refractivity (Wildman–Crippen MR) is 83.1 cm³/mol. The third-order valence-corrected chi connectivity index (χ3v) is 4.39. The van der Waals surface area contributed by atoms with Crippen LogP contribution >= 0.6 is 11.5 Å². The first-order chi connectivity index (χ1) is 9.86. The lowest BCUT2D eigenvalue weighted by atomic mass is 10.0. The van der Waals surface area contributed by atoms with E-state index in [2.05, 4.69) is 46.9 Å². The maximum atomic E-state index is 4.71. The third-order valence-electron chi connectivity index (χ3n) is 3.65. The molecule has 0 aliphatic heterocycles. The summed E-state index contributed by atoms with van der Waals surface area (Å²) >= 11 is 1.57. The van der Waals surface area contributed by atoms with Gasteiger partial charge in [-0.1, -0.05) is 37.3 Å². The van der Waals surface area contributed by atoms with Gasteiger partial charge in [0.25, 0.3) is 0 Å². The average Bonchev–Trinajstić information content (AvgIpc) is 3.24. The Labute approximate surface area is 124 Å². The van der Waals surface area contributed by atoms with Crippen LogP contribution in [0.4, 0.5) is 0 Å². The topological polar surface area (TPSA) is 37.8 Å². The second-order valence-corrected chi connectivity index (χ2v) is 6.28. The minimum atomic E-state index is 0.344.